The van der Waals surface area contributed by atoms with Gasteiger partial charge in [0.15, 0.2) is 11.6 Å². The van der Waals surface area contributed by atoms with Crippen LogP contribution in [-0.4, -0.2) is 8.42 Å². The summed E-state index contributed by atoms with van der Waals surface area (Å²) in [5, 5.41) is 0. The zero-order valence-electron chi connectivity index (χ0n) is 11.0. The van der Waals surface area contributed by atoms with Gasteiger partial charge in [-0.3, -0.25) is 0 Å². The zero-order valence-corrected chi connectivity index (χ0v) is 13.4. The molecule has 112 valence electrons. The molecular formula is C14H12BrF2NO2S. The van der Waals surface area contributed by atoms with E-state index in [1.54, 1.807) is 13.0 Å². The maximum absolute atomic E-state index is 13.1. The molecule has 2 aromatic carbocycles. The summed E-state index contributed by atoms with van der Waals surface area (Å²) in [5.41, 5.74) is 1.12. The van der Waals surface area contributed by atoms with Crippen LogP contribution in [0.25, 0.3) is 0 Å². The maximum atomic E-state index is 13.1. The van der Waals surface area contributed by atoms with Crippen molar-refractivity contribution in [2.45, 2.75) is 18.4 Å². The largest absolute Gasteiger partial charge is 0.240 e. The van der Waals surface area contributed by atoms with Crippen molar-refractivity contribution in [3.8, 4) is 0 Å². The molecule has 0 aromatic heterocycles. The lowest BCUT2D eigenvalue weighted by Crippen LogP contribution is -2.23. The molecule has 1 N–H and O–H groups in total. The highest BCUT2D eigenvalue weighted by Crippen LogP contribution is 2.20. The van der Waals surface area contributed by atoms with Gasteiger partial charge in [-0.1, -0.05) is 22.0 Å². The number of benzene rings is 2. The number of nitrogens with one attached hydrogen (secondary N) is 1. The SMILES string of the molecule is Cc1cc(S(=O)(=O)NCc2ccc(F)c(F)c2)ccc1Br. The van der Waals surface area contributed by atoms with Gasteiger partial charge in [0.2, 0.25) is 10.0 Å². The van der Waals surface area contributed by atoms with Crippen LogP contribution in [0.4, 0.5) is 8.78 Å². The quantitative estimate of drug-likeness (QED) is 0.888. The van der Waals surface area contributed by atoms with E-state index in [0.29, 0.717) is 5.56 Å². The molecule has 21 heavy (non-hydrogen) atoms. The van der Waals surface area contributed by atoms with Crippen molar-refractivity contribution >= 4 is 26.0 Å². The Labute approximate surface area is 130 Å². The molecule has 7 heteroatoms. The van der Waals surface area contributed by atoms with E-state index in [1.165, 1.54) is 18.2 Å². The van der Waals surface area contributed by atoms with Crippen molar-refractivity contribution in [2.75, 3.05) is 0 Å². The summed E-state index contributed by atoms with van der Waals surface area (Å²) in [7, 11) is -3.71. The molecule has 0 aliphatic rings. The molecule has 0 saturated heterocycles. The van der Waals surface area contributed by atoms with E-state index in [9.17, 15) is 17.2 Å². The van der Waals surface area contributed by atoms with Crippen LogP contribution in [0.3, 0.4) is 0 Å². The molecule has 3 nitrogen and oxygen atoms in total. The van der Waals surface area contributed by atoms with Gasteiger partial charge in [0.1, 0.15) is 0 Å². The number of rotatable bonds is 4. The predicted octanol–water partition coefficient (Wildman–Crippen LogP) is 3.51. The maximum Gasteiger partial charge on any atom is 0.240 e. The highest BCUT2D eigenvalue weighted by Gasteiger charge is 2.15. The average molecular weight is 376 g/mol. The van der Waals surface area contributed by atoms with E-state index in [2.05, 4.69) is 20.7 Å². The van der Waals surface area contributed by atoms with Crippen molar-refractivity contribution in [3.05, 3.63) is 63.6 Å². The summed E-state index contributed by atoms with van der Waals surface area (Å²) in [6.45, 7) is 1.66. The number of sulfonamides is 1. The topological polar surface area (TPSA) is 46.2 Å². The standard InChI is InChI=1S/C14H12BrF2NO2S/c1-9-6-11(3-4-12(9)15)21(19,20)18-8-10-2-5-13(16)14(17)7-10/h2-7,18H,8H2,1H3. The fourth-order valence-electron chi connectivity index (χ4n) is 1.70. The Kier molecular flexibility index (Phi) is 4.75. The summed E-state index contributed by atoms with van der Waals surface area (Å²) in [6.07, 6.45) is 0. The first-order chi connectivity index (χ1) is 9.79. The summed E-state index contributed by atoms with van der Waals surface area (Å²) in [4.78, 5) is 0.116. The molecule has 0 saturated carbocycles. The molecule has 0 radical (unpaired) electrons. The molecule has 2 rings (SSSR count). The van der Waals surface area contributed by atoms with Crippen molar-refractivity contribution in [2.24, 2.45) is 0 Å². The van der Waals surface area contributed by atoms with E-state index in [0.717, 1.165) is 22.2 Å². The second-order valence-electron chi connectivity index (χ2n) is 4.48. The van der Waals surface area contributed by atoms with Crippen LogP contribution in [0.2, 0.25) is 0 Å². The molecule has 0 spiro atoms. The highest BCUT2D eigenvalue weighted by atomic mass is 79.9. The molecule has 0 atom stereocenters. The second-order valence-corrected chi connectivity index (χ2v) is 7.11. The molecule has 0 aliphatic heterocycles. The summed E-state index contributed by atoms with van der Waals surface area (Å²) >= 11 is 3.29. The summed E-state index contributed by atoms with van der Waals surface area (Å²) in [5.74, 6) is -1.98. The Morgan fingerprint density at radius 1 is 1.10 bits per heavy atom. The molecule has 0 amide bonds. The van der Waals surface area contributed by atoms with E-state index in [-0.39, 0.29) is 11.4 Å². The Hall–Kier alpha value is -1.31. The Balaban J connectivity index is 2.17. The lowest BCUT2D eigenvalue weighted by molar-refractivity contribution is 0.506. The lowest BCUT2D eigenvalue weighted by Gasteiger charge is -2.08. The molecule has 0 aliphatic carbocycles. The summed E-state index contributed by atoms with van der Waals surface area (Å²) in [6, 6.07) is 7.88. The van der Waals surface area contributed by atoms with Crippen LogP contribution in [0.15, 0.2) is 45.8 Å². The van der Waals surface area contributed by atoms with Gasteiger partial charge in [-0.25, -0.2) is 21.9 Å². The Morgan fingerprint density at radius 2 is 1.81 bits per heavy atom. The van der Waals surface area contributed by atoms with Crippen LogP contribution in [-0.2, 0) is 16.6 Å². The van der Waals surface area contributed by atoms with E-state index in [4.69, 9.17) is 0 Å². The first-order valence-electron chi connectivity index (χ1n) is 5.99. The van der Waals surface area contributed by atoms with Crippen LogP contribution in [0, 0.1) is 18.6 Å². The van der Waals surface area contributed by atoms with Crippen molar-refractivity contribution in [1.29, 1.82) is 0 Å². The monoisotopic (exact) mass is 375 g/mol. The number of aryl methyl sites for hydroxylation is 1. The molecular weight excluding hydrogens is 364 g/mol. The average Bonchev–Trinajstić information content (AvgIpc) is 2.43. The van der Waals surface area contributed by atoms with Crippen LogP contribution in [0.1, 0.15) is 11.1 Å². The predicted molar refractivity (Wildman–Crippen MR) is 79.3 cm³/mol. The molecule has 0 heterocycles. The lowest BCUT2D eigenvalue weighted by atomic mass is 10.2. The molecule has 0 unspecified atom stereocenters. The first kappa shape index (κ1) is 16.1. The molecule has 0 bridgehead atoms. The van der Waals surface area contributed by atoms with Crippen LogP contribution >= 0.6 is 15.9 Å². The third kappa shape index (κ3) is 3.87. The van der Waals surface area contributed by atoms with Gasteiger partial charge in [-0.2, -0.15) is 0 Å². The van der Waals surface area contributed by atoms with Crippen molar-refractivity contribution in [3.63, 3.8) is 0 Å². The van der Waals surface area contributed by atoms with Gasteiger partial charge in [-0.05, 0) is 48.4 Å². The minimum atomic E-state index is -3.71. The summed E-state index contributed by atoms with van der Waals surface area (Å²) < 4.78 is 53.3. The van der Waals surface area contributed by atoms with Crippen LogP contribution < -0.4 is 4.72 Å². The smallest absolute Gasteiger partial charge is 0.207 e. The molecule has 2 aromatic rings. The van der Waals surface area contributed by atoms with Crippen molar-refractivity contribution < 1.29 is 17.2 Å². The van der Waals surface area contributed by atoms with E-state index in [1.807, 2.05) is 0 Å². The van der Waals surface area contributed by atoms with Gasteiger partial charge in [0.05, 0.1) is 4.90 Å². The van der Waals surface area contributed by atoms with Gasteiger partial charge in [0.25, 0.3) is 0 Å². The normalized spacial score (nSPS) is 11.6. The molecule has 0 fully saturated rings. The highest BCUT2D eigenvalue weighted by molar-refractivity contribution is 9.10. The van der Waals surface area contributed by atoms with Gasteiger partial charge in [-0.15, -0.1) is 0 Å². The number of hydrogen-bond donors (Lipinski definition) is 1. The third-order valence-electron chi connectivity index (χ3n) is 2.89. The minimum Gasteiger partial charge on any atom is -0.207 e. The Bertz CT molecular complexity index is 779. The zero-order chi connectivity index (χ0) is 15.6. The van der Waals surface area contributed by atoms with Crippen molar-refractivity contribution in [1.82, 2.24) is 4.72 Å². The van der Waals surface area contributed by atoms with Gasteiger partial charge < -0.3 is 0 Å². The van der Waals surface area contributed by atoms with E-state index >= 15 is 0 Å². The number of hydrogen-bond acceptors (Lipinski definition) is 2. The first-order valence-corrected chi connectivity index (χ1v) is 8.27. The van der Waals surface area contributed by atoms with Crippen LogP contribution in [0.5, 0.6) is 0 Å². The number of halogens is 3. The minimum absolute atomic E-state index is 0.116. The Morgan fingerprint density at radius 3 is 2.43 bits per heavy atom. The second kappa shape index (κ2) is 6.21. The van der Waals surface area contributed by atoms with Gasteiger partial charge >= 0.3 is 0 Å². The fraction of sp³-hybridized carbons (Fsp3) is 0.143. The van der Waals surface area contributed by atoms with Gasteiger partial charge in [0, 0.05) is 11.0 Å². The third-order valence-corrected chi connectivity index (χ3v) is 5.18. The van der Waals surface area contributed by atoms with E-state index < -0.39 is 21.7 Å². The fourth-order valence-corrected chi connectivity index (χ4v) is 3.04.